The molecule has 0 saturated carbocycles. The van der Waals surface area contributed by atoms with E-state index in [2.05, 4.69) is 16.3 Å². The molecule has 1 aromatic rings. The van der Waals surface area contributed by atoms with E-state index in [9.17, 15) is 14.4 Å². The fourth-order valence-electron chi connectivity index (χ4n) is 6.08. The molecule has 0 unspecified atom stereocenters. The number of benzene rings is 1. The Hall–Kier alpha value is -2.65. The number of hydrogen-bond donors (Lipinski definition) is 1. The number of para-hydroxylation sites is 1. The van der Waals surface area contributed by atoms with Gasteiger partial charge in [-0.3, -0.25) is 14.5 Å². The van der Waals surface area contributed by atoms with Crippen molar-refractivity contribution >= 4 is 23.5 Å². The molecule has 196 valence electrons. The van der Waals surface area contributed by atoms with E-state index in [0.29, 0.717) is 25.7 Å². The Morgan fingerprint density at radius 2 is 1.44 bits per heavy atom. The summed E-state index contributed by atoms with van der Waals surface area (Å²) in [7, 11) is 0. The largest absolute Gasteiger partial charge is 0.381 e. The van der Waals surface area contributed by atoms with Gasteiger partial charge in [-0.05, 0) is 43.7 Å². The molecule has 5 rings (SSSR count). The molecule has 0 spiro atoms. The molecule has 4 amide bonds. The summed E-state index contributed by atoms with van der Waals surface area (Å²) in [4.78, 5) is 46.6. The molecule has 1 N–H and O–H groups in total. The second kappa shape index (κ2) is 11.6. The summed E-state index contributed by atoms with van der Waals surface area (Å²) in [5.41, 5.74) is 2.06. The molecule has 0 atom stereocenters. The van der Waals surface area contributed by atoms with Gasteiger partial charge >= 0.3 is 6.03 Å². The number of rotatable bonds is 5. The maximum absolute atomic E-state index is 12.8. The van der Waals surface area contributed by atoms with Crippen molar-refractivity contribution in [3.05, 3.63) is 29.8 Å². The molecule has 9 nitrogen and oxygen atoms in total. The van der Waals surface area contributed by atoms with Crippen LogP contribution in [0.4, 0.5) is 10.5 Å². The average molecular weight is 498 g/mol. The third-order valence-corrected chi connectivity index (χ3v) is 8.33. The number of piperidine rings is 1. The predicted molar refractivity (Wildman–Crippen MR) is 137 cm³/mol. The van der Waals surface area contributed by atoms with Gasteiger partial charge in [-0.15, -0.1) is 0 Å². The fraction of sp³-hybridized carbons (Fsp3) is 0.667. The molecular weight excluding hydrogens is 458 g/mol. The number of urea groups is 1. The van der Waals surface area contributed by atoms with Gasteiger partial charge in [0.15, 0.2) is 0 Å². The van der Waals surface area contributed by atoms with Crippen LogP contribution in [0, 0.1) is 0 Å². The van der Waals surface area contributed by atoms with Crippen molar-refractivity contribution in [2.24, 2.45) is 0 Å². The zero-order valence-corrected chi connectivity index (χ0v) is 21.2. The maximum atomic E-state index is 12.8. The molecule has 0 aromatic heterocycles. The van der Waals surface area contributed by atoms with Crippen LogP contribution in [0.15, 0.2) is 24.3 Å². The number of anilines is 1. The molecular formula is C27H39N5O4. The average Bonchev–Trinajstić information content (AvgIpc) is 3.10. The maximum Gasteiger partial charge on any atom is 0.322 e. The van der Waals surface area contributed by atoms with Gasteiger partial charge in [-0.25, -0.2) is 4.79 Å². The van der Waals surface area contributed by atoms with Crippen LogP contribution in [0.1, 0.15) is 44.1 Å². The number of ether oxygens (including phenoxy) is 1. The Morgan fingerprint density at radius 1 is 0.806 bits per heavy atom. The highest BCUT2D eigenvalue weighted by molar-refractivity contribution is 5.91. The third kappa shape index (κ3) is 5.83. The summed E-state index contributed by atoms with van der Waals surface area (Å²) in [5.74, 6) is 0.140. The van der Waals surface area contributed by atoms with Gasteiger partial charge in [0.25, 0.3) is 0 Å². The van der Waals surface area contributed by atoms with Gasteiger partial charge < -0.3 is 24.8 Å². The minimum atomic E-state index is -0.0489. The van der Waals surface area contributed by atoms with E-state index in [0.717, 1.165) is 82.7 Å². The topological polar surface area (TPSA) is 85.4 Å². The molecule has 0 bridgehead atoms. The first kappa shape index (κ1) is 25.0. The van der Waals surface area contributed by atoms with E-state index in [1.807, 2.05) is 32.9 Å². The number of piperazine rings is 1. The number of hydrogen-bond acceptors (Lipinski definition) is 5. The first-order chi connectivity index (χ1) is 17.6. The minimum absolute atomic E-state index is 0.0489. The summed E-state index contributed by atoms with van der Waals surface area (Å²) >= 11 is 0. The zero-order valence-electron chi connectivity index (χ0n) is 21.2. The monoisotopic (exact) mass is 497 g/mol. The molecule has 0 aliphatic carbocycles. The van der Waals surface area contributed by atoms with Crippen LogP contribution in [0.3, 0.4) is 0 Å². The van der Waals surface area contributed by atoms with Crippen LogP contribution in [-0.4, -0.2) is 109 Å². The highest BCUT2D eigenvalue weighted by Crippen LogP contribution is 2.25. The Kier molecular flexibility index (Phi) is 8.06. The Morgan fingerprint density at radius 3 is 2.14 bits per heavy atom. The number of carbonyl (C=O) groups excluding carboxylic acids is 3. The van der Waals surface area contributed by atoms with Crippen LogP contribution in [-0.2, 0) is 20.7 Å². The van der Waals surface area contributed by atoms with Crippen molar-refractivity contribution < 1.29 is 19.1 Å². The molecule has 4 aliphatic rings. The summed E-state index contributed by atoms with van der Waals surface area (Å²) < 4.78 is 5.47. The molecule has 4 heterocycles. The van der Waals surface area contributed by atoms with E-state index in [1.54, 1.807) is 0 Å². The van der Waals surface area contributed by atoms with Crippen LogP contribution in [0.5, 0.6) is 0 Å². The van der Waals surface area contributed by atoms with Crippen molar-refractivity contribution in [1.29, 1.82) is 0 Å². The standard InChI is InChI=1S/C27H39N5O4/c33-25(5-6-26(34)31-17-15-29(16-18-31)22-10-19-36-20-11-22)30-12-8-23(9-13-30)32-14-7-21-3-1-2-4-24(21)28-27(32)35/h1-4,22-23H,5-20H2,(H,28,35). The normalized spacial score (nSPS) is 22.7. The lowest BCUT2D eigenvalue weighted by Gasteiger charge is -2.40. The first-order valence-electron chi connectivity index (χ1n) is 13.6. The van der Waals surface area contributed by atoms with Crippen LogP contribution < -0.4 is 5.32 Å². The highest BCUT2D eigenvalue weighted by Gasteiger charge is 2.32. The summed E-state index contributed by atoms with van der Waals surface area (Å²) in [6, 6.07) is 8.62. The van der Waals surface area contributed by atoms with E-state index < -0.39 is 0 Å². The molecule has 1 aromatic carbocycles. The van der Waals surface area contributed by atoms with E-state index in [-0.39, 0.29) is 36.7 Å². The number of likely N-dealkylation sites (tertiary alicyclic amines) is 1. The van der Waals surface area contributed by atoms with Crippen molar-refractivity contribution in [3.8, 4) is 0 Å². The van der Waals surface area contributed by atoms with Crippen molar-refractivity contribution in [2.75, 3.05) is 64.3 Å². The Bertz CT molecular complexity index is 934. The molecule has 3 saturated heterocycles. The molecule has 0 radical (unpaired) electrons. The van der Waals surface area contributed by atoms with E-state index in [1.165, 1.54) is 0 Å². The van der Waals surface area contributed by atoms with Gasteiger partial charge in [0.2, 0.25) is 11.8 Å². The second-order valence-electron chi connectivity index (χ2n) is 10.4. The van der Waals surface area contributed by atoms with Gasteiger partial charge in [-0.2, -0.15) is 0 Å². The predicted octanol–water partition coefficient (Wildman–Crippen LogP) is 2.17. The van der Waals surface area contributed by atoms with Gasteiger partial charge in [0.05, 0.1) is 0 Å². The Labute approximate surface area is 213 Å². The number of nitrogens with zero attached hydrogens (tertiary/aromatic N) is 4. The van der Waals surface area contributed by atoms with Gasteiger partial charge in [0.1, 0.15) is 0 Å². The fourth-order valence-corrected chi connectivity index (χ4v) is 6.08. The number of fused-ring (bicyclic) bond motifs is 1. The number of amides is 4. The third-order valence-electron chi connectivity index (χ3n) is 8.33. The lowest BCUT2D eigenvalue weighted by Crippen LogP contribution is -2.53. The lowest BCUT2D eigenvalue weighted by atomic mass is 10.0. The van der Waals surface area contributed by atoms with E-state index >= 15 is 0 Å². The van der Waals surface area contributed by atoms with E-state index in [4.69, 9.17) is 4.74 Å². The number of nitrogens with one attached hydrogen (secondary N) is 1. The highest BCUT2D eigenvalue weighted by atomic mass is 16.5. The summed E-state index contributed by atoms with van der Waals surface area (Å²) in [6.07, 6.45) is 5.09. The van der Waals surface area contributed by atoms with Crippen molar-refractivity contribution in [3.63, 3.8) is 0 Å². The number of carbonyl (C=O) groups is 3. The van der Waals surface area contributed by atoms with Gasteiger partial charge in [0, 0.05) is 89.6 Å². The zero-order chi connectivity index (χ0) is 24.9. The summed E-state index contributed by atoms with van der Waals surface area (Å²) in [6.45, 7) is 6.95. The second-order valence-corrected chi connectivity index (χ2v) is 10.4. The van der Waals surface area contributed by atoms with Gasteiger partial charge in [-0.1, -0.05) is 18.2 Å². The lowest BCUT2D eigenvalue weighted by molar-refractivity contribution is -0.139. The molecule has 36 heavy (non-hydrogen) atoms. The Balaban J connectivity index is 1.02. The minimum Gasteiger partial charge on any atom is -0.381 e. The van der Waals surface area contributed by atoms with Crippen LogP contribution in [0.2, 0.25) is 0 Å². The SMILES string of the molecule is O=C(CCC(=O)N1CCN(C2CCOCC2)CC1)N1CCC(N2CCc3ccccc3NC2=O)CC1. The smallest absolute Gasteiger partial charge is 0.322 e. The molecule has 9 heteroatoms. The molecule has 3 fully saturated rings. The summed E-state index contributed by atoms with van der Waals surface area (Å²) in [5, 5.41) is 3.04. The van der Waals surface area contributed by atoms with Crippen LogP contribution >= 0.6 is 0 Å². The quantitative estimate of drug-likeness (QED) is 0.674. The van der Waals surface area contributed by atoms with Crippen molar-refractivity contribution in [1.82, 2.24) is 19.6 Å². The molecule has 4 aliphatic heterocycles. The van der Waals surface area contributed by atoms with Crippen molar-refractivity contribution in [2.45, 2.75) is 57.0 Å². The van der Waals surface area contributed by atoms with Crippen LogP contribution in [0.25, 0.3) is 0 Å². The first-order valence-corrected chi connectivity index (χ1v) is 13.6.